The first kappa shape index (κ1) is 16.5. The van der Waals surface area contributed by atoms with E-state index in [0.717, 1.165) is 0 Å². The Labute approximate surface area is 139 Å². The normalized spacial score (nSPS) is 16.8. The summed E-state index contributed by atoms with van der Waals surface area (Å²) in [7, 11) is 1.29. The number of rotatable bonds is 4. The maximum Gasteiger partial charge on any atom is 0.373 e. The van der Waals surface area contributed by atoms with Gasteiger partial charge in [0.05, 0.1) is 12.5 Å². The van der Waals surface area contributed by atoms with E-state index in [1.165, 1.54) is 7.11 Å². The Morgan fingerprint density at radius 2 is 2.04 bits per heavy atom. The smallest absolute Gasteiger partial charge is 0.373 e. The van der Waals surface area contributed by atoms with Gasteiger partial charge in [0.15, 0.2) is 0 Å². The van der Waals surface area contributed by atoms with E-state index in [9.17, 15) is 9.59 Å². The van der Waals surface area contributed by atoms with Gasteiger partial charge in [-0.25, -0.2) is 4.79 Å². The van der Waals surface area contributed by atoms with E-state index in [1.54, 1.807) is 24.3 Å². The van der Waals surface area contributed by atoms with Crippen LogP contribution in [0.2, 0.25) is 0 Å². The second kappa shape index (κ2) is 6.62. The van der Waals surface area contributed by atoms with Gasteiger partial charge in [0.1, 0.15) is 5.58 Å². The lowest BCUT2D eigenvalue weighted by atomic mass is 9.79. The van der Waals surface area contributed by atoms with Crippen LogP contribution in [-0.4, -0.2) is 38.7 Å². The van der Waals surface area contributed by atoms with E-state index in [2.05, 4.69) is 10.1 Å². The van der Waals surface area contributed by atoms with Crippen LogP contribution in [-0.2, 0) is 14.3 Å². The zero-order valence-electron chi connectivity index (χ0n) is 13.5. The molecule has 0 aliphatic carbocycles. The molecule has 0 bridgehead atoms. The largest absolute Gasteiger partial charge is 0.463 e. The van der Waals surface area contributed by atoms with Crippen molar-refractivity contribution in [2.75, 3.05) is 32.2 Å². The Kier molecular flexibility index (Phi) is 4.55. The number of ether oxygens (including phenoxy) is 2. The molecule has 1 saturated heterocycles. The number of benzene rings is 1. The van der Waals surface area contributed by atoms with Crippen LogP contribution < -0.4 is 11.1 Å². The van der Waals surface area contributed by atoms with Crippen molar-refractivity contribution in [1.82, 2.24) is 0 Å². The number of amides is 1. The lowest BCUT2D eigenvalue weighted by molar-refractivity contribution is -0.130. The quantitative estimate of drug-likeness (QED) is 0.829. The van der Waals surface area contributed by atoms with Gasteiger partial charge in [0.2, 0.25) is 11.7 Å². The molecule has 7 heteroatoms. The maximum absolute atomic E-state index is 12.7. The van der Waals surface area contributed by atoms with Crippen molar-refractivity contribution in [3.63, 3.8) is 0 Å². The van der Waals surface area contributed by atoms with Crippen LogP contribution in [0.3, 0.4) is 0 Å². The molecule has 0 spiro atoms. The van der Waals surface area contributed by atoms with Crippen LogP contribution in [0, 0.1) is 5.41 Å². The van der Waals surface area contributed by atoms with Crippen LogP contribution in [0.5, 0.6) is 0 Å². The topological polar surface area (TPSA) is 104 Å². The highest BCUT2D eigenvalue weighted by molar-refractivity contribution is 5.98. The van der Waals surface area contributed by atoms with Gasteiger partial charge in [-0.2, -0.15) is 0 Å². The van der Waals surface area contributed by atoms with Crippen LogP contribution in [0.4, 0.5) is 5.69 Å². The van der Waals surface area contributed by atoms with Crippen LogP contribution in [0.1, 0.15) is 23.4 Å². The van der Waals surface area contributed by atoms with Gasteiger partial charge in [0.25, 0.3) is 0 Å². The Morgan fingerprint density at radius 1 is 1.29 bits per heavy atom. The van der Waals surface area contributed by atoms with Gasteiger partial charge >= 0.3 is 5.97 Å². The van der Waals surface area contributed by atoms with Crippen molar-refractivity contribution in [2.24, 2.45) is 11.1 Å². The number of fused-ring (bicyclic) bond motifs is 1. The highest BCUT2D eigenvalue weighted by atomic mass is 16.5. The summed E-state index contributed by atoms with van der Waals surface area (Å²) in [5.41, 5.74) is 6.43. The summed E-state index contributed by atoms with van der Waals surface area (Å²) in [6.45, 7) is 1.35. The summed E-state index contributed by atoms with van der Waals surface area (Å²) < 4.78 is 15.4. The van der Waals surface area contributed by atoms with Crippen molar-refractivity contribution in [3.05, 3.63) is 30.0 Å². The van der Waals surface area contributed by atoms with E-state index < -0.39 is 11.4 Å². The number of methoxy groups -OCH3 is 1. The molecule has 1 aliphatic heterocycles. The predicted octanol–water partition coefficient (Wildman–Crippen LogP) is 1.91. The number of hydrogen-bond acceptors (Lipinski definition) is 6. The second-order valence-electron chi connectivity index (χ2n) is 5.91. The van der Waals surface area contributed by atoms with E-state index in [-0.39, 0.29) is 18.2 Å². The summed E-state index contributed by atoms with van der Waals surface area (Å²) in [5, 5.41) is 3.63. The molecule has 7 nitrogen and oxygen atoms in total. The molecule has 1 aromatic carbocycles. The number of nitrogens with two attached hydrogens (primary N) is 1. The minimum absolute atomic E-state index is 0.107. The highest BCUT2D eigenvalue weighted by Gasteiger charge is 2.38. The number of esters is 1. The van der Waals surface area contributed by atoms with Crippen LogP contribution in [0.15, 0.2) is 28.7 Å². The minimum Gasteiger partial charge on any atom is -0.463 e. The Morgan fingerprint density at radius 3 is 2.71 bits per heavy atom. The molecule has 1 fully saturated rings. The highest BCUT2D eigenvalue weighted by Crippen LogP contribution is 2.31. The molecule has 1 aromatic heterocycles. The monoisotopic (exact) mass is 332 g/mol. The molecular weight excluding hydrogens is 312 g/mol. The number of hydrogen-bond donors (Lipinski definition) is 2. The fourth-order valence-electron chi connectivity index (χ4n) is 2.87. The van der Waals surface area contributed by atoms with Crippen LogP contribution >= 0.6 is 0 Å². The molecule has 0 unspecified atom stereocenters. The number of anilines is 1. The summed E-state index contributed by atoms with van der Waals surface area (Å²) in [6.07, 6.45) is 1.21. The molecule has 128 valence electrons. The van der Waals surface area contributed by atoms with E-state index >= 15 is 0 Å². The SMILES string of the molecule is COC(=O)c1cc2cc(NC(=O)C3(CN)CCOCC3)ccc2o1. The number of nitrogens with one attached hydrogen (secondary N) is 1. The average Bonchev–Trinajstić information content (AvgIpc) is 3.04. The van der Waals surface area contributed by atoms with Crippen molar-refractivity contribution in [2.45, 2.75) is 12.8 Å². The first-order chi connectivity index (χ1) is 11.6. The zero-order valence-corrected chi connectivity index (χ0v) is 13.5. The molecule has 24 heavy (non-hydrogen) atoms. The Hall–Kier alpha value is -2.38. The molecular formula is C17H20N2O5. The summed E-state index contributed by atoms with van der Waals surface area (Å²) in [5.74, 6) is -0.524. The van der Waals surface area contributed by atoms with Gasteiger partial charge < -0.3 is 24.9 Å². The average molecular weight is 332 g/mol. The molecule has 0 atom stereocenters. The second-order valence-corrected chi connectivity index (χ2v) is 5.91. The number of furan rings is 1. The van der Waals surface area contributed by atoms with Gasteiger partial charge in [-0.15, -0.1) is 0 Å². The molecule has 0 saturated carbocycles. The molecule has 3 N–H and O–H groups in total. The molecule has 2 heterocycles. The summed E-state index contributed by atoms with van der Waals surface area (Å²) in [6, 6.07) is 6.78. The van der Waals surface area contributed by atoms with Crippen molar-refractivity contribution >= 4 is 28.5 Å². The summed E-state index contributed by atoms with van der Waals surface area (Å²) in [4.78, 5) is 24.2. The van der Waals surface area contributed by atoms with Crippen molar-refractivity contribution in [3.8, 4) is 0 Å². The van der Waals surface area contributed by atoms with Crippen molar-refractivity contribution < 1.29 is 23.5 Å². The minimum atomic E-state index is -0.596. The first-order valence-electron chi connectivity index (χ1n) is 7.79. The lowest BCUT2D eigenvalue weighted by Crippen LogP contribution is -2.46. The molecule has 1 aliphatic rings. The van der Waals surface area contributed by atoms with Gasteiger partial charge in [-0.05, 0) is 37.1 Å². The third-order valence-corrected chi connectivity index (χ3v) is 4.48. The van der Waals surface area contributed by atoms with E-state index in [0.29, 0.717) is 42.7 Å². The van der Waals surface area contributed by atoms with Crippen LogP contribution in [0.25, 0.3) is 11.0 Å². The molecule has 0 radical (unpaired) electrons. The molecule has 1 amide bonds. The Balaban J connectivity index is 1.81. The lowest BCUT2D eigenvalue weighted by Gasteiger charge is -2.34. The third-order valence-electron chi connectivity index (χ3n) is 4.48. The number of carbonyl (C=O) groups excluding carboxylic acids is 2. The third kappa shape index (κ3) is 3.00. The number of carbonyl (C=O) groups is 2. The fraction of sp³-hybridized carbons (Fsp3) is 0.412. The fourth-order valence-corrected chi connectivity index (χ4v) is 2.87. The summed E-state index contributed by atoms with van der Waals surface area (Å²) >= 11 is 0. The zero-order chi connectivity index (χ0) is 17.2. The van der Waals surface area contributed by atoms with Gasteiger partial charge in [-0.1, -0.05) is 0 Å². The van der Waals surface area contributed by atoms with Crippen molar-refractivity contribution in [1.29, 1.82) is 0 Å². The van der Waals surface area contributed by atoms with E-state index in [1.807, 2.05) is 0 Å². The van der Waals surface area contributed by atoms with Gasteiger partial charge in [-0.3, -0.25) is 4.79 Å². The Bertz CT molecular complexity index is 761. The van der Waals surface area contributed by atoms with Gasteiger partial charge in [0, 0.05) is 30.8 Å². The molecule has 2 aromatic rings. The maximum atomic E-state index is 12.7. The van der Waals surface area contributed by atoms with E-state index in [4.69, 9.17) is 14.9 Å². The predicted molar refractivity (Wildman–Crippen MR) is 87.7 cm³/mol. The first-order valence-corrected chi connectivity index (χ1v) is 7.79. The molecule has 3 rings (SSSR count). The standard InChI is InChI=1S/C17H20N2O5/c1-22-15(20)14-9-11-8-12(2-3-13(11)24-14)19-16(21)17(10-18)4-6-23-7-5-17/h2-3,8-9H,4-7,10,18H2,1H3,(H,19,21).